The van der Waals surface area contributed by atoms with Gasteiger partial charge in [-0.1, -0.05) is 26.0 Å². The van der Waals surface area contributed by atoms with Gasteiger partial charge in [-0.3, -0.25) is 28.8 Å². The summed E-state index contributed by atoms with van der Waals surface area (Å²) in [6.45, 7) is 11.8. The van der Waals surface area contributed by atoms with E-state index in [4.69, 9.17) is 19.7 Å². The Morgan fingerprint density at radius 2 is 1.19 bits per heavy atom. The zero-order valence-corrected chi connectivity index (χ0v) is 47.3. The molecule has 7 aromatic heterocycles. The van der Waals surface area contributed by atoms with Crippen molar-refractivity contribution < 1.29 is 43.7 Å². The van der Waals surface area contributed by atoms with E-state index >= 15 is 0 Å². The Morgan fingerprint density at radius 3 is 1.84 bits per heavy atom. The van der Waals surface area contributed by atoms with Crippen molar-refractivity contribution in [3.8, 4) is 43.4 Å². The van der Waals surface area contributed by atoms with Crippen molar-refractivity contribution in [1.82, 2.24) is 66.8 Å². The molecule has 0 saturated heterocycles. The maximum Gasteiger partial charge on any atom is 0.275 e. The monoisotopic (exact) mass is 1160 g/mol. The zero-order valence-electron chi connectivity index (χ0n) is 42.4. The van der Waals surface area contributed by atoms with Crippen LogP contribution >= 0.6 is 68.0 Å². The number of hydrogen-bond acceptors (Lipinski definition) is 22. The second kappa shape index (κ2) is 24.6. The summed E-state index contributed by atoms with van der Waals surface area (Å²) in [6, 6.07) is 0.692. The second-order valence-corrected chi connectivity index (χ2v) is 22.8. The van der Waals surface area contributed by atoms with Crippen molar-refractivity contribution >= 4 is 109 Å². The minimum atomic E-state index is -1.44. The molecule has 77 heavy (non-hydrogen) atoms. The Bertz CT molecular complexity index is 3400. The lowest BCUT2D eigenvalue weighted by Gasteiger charge is -2.22. The van der Waals surface area contributed by atoms with Crippen LogP contribution in [0, 0.1) is 5.92 Å². The van der Waals surface area contributed by atoms with Crippen LogP contribution in [0.15, 0.2) is 62.3 Å². The average Bonchev–Trinajstić information content (AvgIpc) is 4.28. The third-order valence-electron chi connectivity index (χ3n) is 11.6. The van der Waals surface area contributed by atoms with Crippen LogP contribution in [0.25, 0.3) is 49.1 Å². The average molecular weight is 1160 g/mol. The van der Waals surface area contributed by atoms with E-state index in [1.54, 1.807) is 65.9 Å². The van der Waals surface area contributed by atoms with Gasteiger partial charge in [0, 0.05) is 51.5 Å². The van der Waals surface area contributed by atoms with E-state index in [0.717, 1.165) is 22.7 Å². The highest BCUT2D eigenvalue weighted by Crippen LogP contribution is 2.38. The number of hydrogen-bond donors (Lipinski definition) is 8. The molecule has 0 saturated carbocycles. The molecule has 7 aromatic rings. The van der Waals surface area contributed by atoms with Crippen molar-refractivity contribution in [2.75, 3.05) is 13.7 Å². The molecule has 0 aliphatic carbocycles. The highest BCUT2D eigenvalue weighted by molar-refractivity contribution is 7.15. The predicted molar refractivity (Wildman–Crippen MR) is 295 cm³/mol. The second-order valence-electron chi connectivity index (χ2n) is 17.6. The lowest BCUT2D eigenvalue weighted by molar-refractivity contribution is -0.124. The summed E-state index contributed by atoms with van der Waals surface area (Å²) in [5.74, 6) is -3.83. The summed E-state index contributed by atoms with van der Waals surface area (Å²) in [5.41, 5.74) is 2.57. The summed E-state index contributed by atoms with van der Waals surface area (Å²) < 4.78 is 5.77. The largest absolute Gasteiger partial charge is 0.392 e. The van der Waals surface area contributed by atoms with Crippen molar-refractivity contribution in [2.45, 2.75) is 84.9 Å². The van der Waals surface area contributed by atoms with Crippen LogP contribution in [0.2, 0.25) is 0 Å². The fraction of sp³-hybridized carbons (Fsp3) is 0.327. The van der Waals surface area contributed by atoms with Crippen LogP contribution in [-0.4, -0.2) is 119 Å². The molecule has 402 valence electrons. The Kier molecular flexibility index (Phi) is 18.0. The lowest BCUT2D eigenvalue weighted by Crippen LogP contribution is -2.52. The predicted octanol–water partition coefficient (Wildman–Crippen LogP) is 6.22. The van der Waals surface area contributed by atoms with Gasteiger partial charge < -0.3 is 46.9 Å². The summed E-state index contributed by atoms with van der Waals surface area (Å²) >= 11 is 7.17. The number of nitrogens with one attached hydrogen (secondary N) is 6. The van der Waals surface area contributed by atoms with Gasteiger partial charge in [-0.25, -0.2) is 34.9 Å². The van der Waals surface area contributed by atoms with E-state index in [-0.39, 0.29) is 46.6 Å². The van der Waals surface area contributed by atoms with Crippen LogP contribution in [0.4, 0.5) is 0 Å². The van der Waals surface area contributed by atoms with Crippen LogP contribution in [0.5, 0.6) is 0 Å². The van der Waals surface area contributed by atoms with Crippen molar-refractivity contribution in [1.29, 1.82) is 0 Å². The third kappa shape index (κ3) is 12.9. The third-order valence-corrected chi connectivity index (χ3v) is 16.9. The van der Waals surface area contributed by atoms with E-state index in [2.05, 4.69) is 51.8 Å². The first-order chi connectivity index (χ1) is 36.8. The van der Waals surface area contributed by atoms with Gasteiger partial charge in [0.25, 0.3) is 29.5 Å². The number of pyridine rings is 1. The van der Waals surface area contributed by atoms with Gasteiger partial charge in [-0.2, -0.15) is 0 Å². The molecule has 8 rings (SSSR count). The van der Waals surface area contributed by atoms with Gasteiger partial charge in [0.15, 0.2) is 0 Å². The summed E-state index contributed by atoms with van der Waals surface area (Å²) in [6.07, 6.45) is 0.319. The number of aromatic nitrogens is 7. The first-order valence-corrected chi connectivity index (χ1v) is 28.9. The number of rotatable bonds is 11. The molecule has 6 amide bonds. The molecule has 0 unspecified atom stereocenters. The molecule has 8 heterocycles. The van der Waals surface area contributed by atoms with Gasteiger partial charge >= 0.3 is 0 Å². The van der Waals surface area contributed by atoms with Gasteiger partial charge in [0.05, 0.1) is 35.7 Å². The Balaban J connectivity index is 1.16. The molecule has 8 N–H and O–H groups in total. The summed E-state index contributed by atoms with van der Waals surface area (Å²) in [5, 5.41) is 49.2. The minimum Gasteiger partial charge on any atom is -0.392 e. The molecule has 22 nitrogen and oxygen atoms in total. The Labute approximate surface area is 464 Å². The van der Waals surface area contributed by atoms with Crippen molar-refractivity contribution in [3.63, 3.8) is 0 Å². The molecule has 6 atom stereocenters. The topological polar surface area (TPSA) is 315 Å². The maximum atomic E-state index is 14.1. The van der Waals surface area contributed by atoms with Gasteiger partial charge in [-0.15, -0.1) is 68.0 Å². The van der Waals surface area contributed by atoms with Crippen LogP contribution in [0.1, 0.15) is 118 Å². The van der Waals surface area contributed by atoms with E-state index < -0.39 is 71.9 Å². The fourth-order valence-corrected chi connectivity index (χ4v) is 12.6. The molecule has 0 aromatic carbocycles. The summed E-state index contributed by atoms with van der Waals surface area (Å²) in [4.78, 5) is 114. The molecular weight excluding hydrogens is 1110 g/mol. The molecule has 1 aliphatic rings. The van der Waals surface area contributed by atoms with Gasteiger partial charge in [0.1, 0.15) is 87.7 Å². The normalized spacial score (nSPS) is 18.4. The fourth-order valence-electron chi connectivity index (χ4n) is 7.33. The number of ether oxygens (including phenoxy) is 1. The maximum absolute atomic E-state index is 14.1. The molecule has 28 heteroatoms. The molecular formula is C49H51N13O9S6. The molecule has 0 fully saturated rings. The number of carbonyl (C=O) groups excluding carboxylic acids is 6. The molecule has 8 bridgehead atoms. The molecule has 0 spiro atoms. The van der Waals surface area contributed by atoms with Crippen LogP contribution in [-0.2, 0) is 14.3 Å². The van der Waals surface area contributed by atoms with Crippen LogP contribution < -0.4 is 31.9 Å². The zero-order chi connectivity index (χ0) is 55.2. The number of nitrogens with zero attached hydrogens (tertiary/aromatic N) is 7. The van der Waals surface area contributed by atoms with Crippen LogP contribution in [0.3, 0.4) is 0 Å². The van der Waals surface area contributed by atoms with Gasteiger partial charge in [0.2, 0.25) is 5.91 Å². The highest BCUT2D eigenvalue weighted by atomic mass is 32.1. The standard InChI is InChI=1S/C49H51N13O9S6/c1-9-25(38(65)50-13-21(5)63)52-39(66)29-16-74-47(57-29)33-19-75-46(59-33)27-12-11-24-37(51-27)28-14-76-49(54-28)36(23(7)71-8)62-42(69)32-18-77-48(58-32)34(20(3)4)60-40(67)31-17-73-45(56-31)26(10-2)53-43(70)35(22(6)64)61-41(68)30-15-72-44(24)55-30/h9-12,14-23,34-36,63-64H,13H2,1-8H3,(H,50,65)(H,52,66)(H,53,70)(H,60,67)(H,61,68)(H,62,69)/t21-,22-,23-,34+,35+,36+/m1/s1. The first kappa shape index (κ1) is 56.3. The number of aliphatic hydroxyl groups excluding tert-OH is 2. The van der Waals surface area contributed by atoms with E-state index in [0.29, 0.717) is 58.4 Å². The SMILES string of the molecule is CC=C(NC(=O)c1csc(-c2csc(-c3ccc4c(n3)-c3csc(n3)[C@H]([C@@H](C)OC)NC(=O)c3csc(n3)[C@H](C(C)C)NC(=O)c3csc(n3)C(=CC)NC(=O)[C@H]([C@@H](C)O)NC(=O)c3csc-4n3)n2)n1)C(=O)NC[C@@H](C)O. The quantitative estimate of drug-likeness (QED) is 0.0667. The Morgan fingerprint density at radius 1 is 0.649 bits per heavy atom. The number of fused-ring (bicyclic) bond motifs is 11. The number of methoxy groups -OCH3 is 1. The van der Waals surface area contributed by atoms with Gasteiger partial charge in [-0.05, 0) is 52.7 Å². The number of thiazole rings is 6. The van der Waals surface area contributed by atoms with E-state index in [1.165, 1.54) is 77.8 Å². The number of aliphatic hydroxyl groups is 2. The van der Waals surface area contributed by atoms with Crippen molar-refractivity contribution in [3.05, 3.63) is 100 Å². The first-order valence-electron chi connectivity index (χ1n) is 23.7. The Hall–Kier alpha value is -6.89. The smallest absolute Gasteiger partial charge is 0.275 e. The highest BCUT2D eigenvalue weighted by Gasteiger charge is 2.32. The summed E-state index contributed by atoms with van der Waals surface area (Å²) in [7, 11) is 1.52. The van der Waals surface area contributed by atoms with E-state index in [1.807, 2.05) is 13.8 Å². The molecule has 1 aliphatic heterocycles. The van der Waals surface area contributed by atoms with E-state index in [9.17, 15) is 39.0 Å². The number of amides is 6. The number of carbonyl (C=O) groups is 6. The molecule has 0 radical (unpaired) electrons. The minimum absolute atomic E-state index is 0.00262. The van der Waals surface area contributed by atoms with Crippen molar-refractivity contribution in [2.24, 2.45) is 5.92 Å². The number of allylic oxidation sites excluding steroid dienone is 2. The lowest BCUT2D eigenvalue weighted by atomic mass is 10.1.